The Labute approximate surface area is 64.6 Å². The van der Waals surface area contributed by atoms with Gasteiger partial charge in [-0.3, -0.25) is 0 Å². The smallest absolute Gasteiger partial charge is 0.0325 e. The van der Waals surface area contributed by atoms with Crippen LogP contribution in [0, 0.1) is 5.92 Å². The Morgan fingerprint density at radius 3 is 2.40 bits per heavy atom. The van der Waals surface area contributed by atoms with Gasteiger partial charge in [0, 0.05) is 0 Å². The lowest BCUT2D eigenvalue weighted by Gasteiger charge is -2.09. The van der Waals surface area contributed by atoms with Gasteiger partial charge in [-0.1, -0.05) is 25.5 Å². The molecule has 0 spiro atoms. The molecule has 1 atom stereocenters. The minimum Gasteiger partial charge on any atom is -0.103 e. The summed E-state index contributed by atoms with van der Waals surface area (Å²) in [6.07, 6.45) is 8.84. The third kappa shape index (κ3) is 4.37. The summed E-state index contributed by atoms with van der Waals surface area (Å²) in [6, 6.07) is 0. The van der Waals surface area contributed by atoms with E-state index >= 15 is 0 Å². The van der Waals surface area contributed by atoms with E-state index in [-0.39, 0.29) is 0 Å². The highest BCUT2D eigenvalue weighted by Gasteiger charge is 2.00. The number of allylic oxidation sites excluding steroid dienone is 2. The highest BCUT2D eigenvalue weighted by Crippen LogP contribution is 2.15. The van der Waals surface area contributed by atoms with Gasteiger partial charge < -0.3 is 0 Å². The molecule has 0 aliphatic heterocycles. The van der Waals surface area contributed by atoms with Crippen LogP contribution in [-0.4, -0.2) is 0 Å². The molecule has 1 unspecified atom stereocenters. The van der Waals surface area contributed by atoms with E-state index in [1.807, 2.05) is 12.2 Å². The normalized spacial score (nSPS) is 12.5. The predicted molar refractivity (Wildman–Crippen MR) is 48.0 cm³/mol. The van der Waals surface area contributed by atoms with Crippen LogP contribution in [0.5, 0.6) is 0 Å². The molecule has 0 nitrogen and oxygen atoms in total. The third-order valence-electron chi connectivity index (χ3n) is 1.86. The van der Waals surface area contributed by atoms with Crippen molar-refractivity contribution in [3.63, 3.8) is 0 Å². The minimum atomic E-state index is 0.829. The van der Waals surface area contributed by atoms with Crippen LogP contribution in [0.15, 0.2) is 25.3 Å². The van der Waals surface area contributed by atoms with Crippen LogP contribution in [0.3, 0.4) is 0 Å². The van der Waals surface area contributed by atoms with E-state index in [2.05, 4.69) is 20.1 Å². The van der Waals surface area contributed by atoms with Crippen molar-refractivity contribution >= 4 is 0 Å². The molecule has 0 saturated carbocycles. The lowest BCUT2D eigenvalue weighted by atomic mass is 9.97. The zero-order valence-corrected chi connectivity index (χ0v) is 6.97. The van der Waals surface area contributed by atoms with Crippen LogP contribution in [0.2, 0.25) is 0 Å². The molecule has 0 rings (SSSR count). The standard InChI is InChI=1S/C10H18/c1-4-7-9-10(6-3)8-5-2/h4-5,10H,1-2,6-9H2,3H3. The third-order valence-corrected chi connectivity index (χ3v) is 1.86. The quantitative estimate of drug-likeness (QED) is 0.492. The summed E-state index contributed by atoms with van der Waals surface area (Å²) in [5, 5.41) is 0. The van der Waals surface area contributed by atoms with Crippen molar-refractivity contribution in [1.82, 2.24) is 0 Å². The molecular formula is C10H18. The van der Waals surface area contributed by atoms with Crippen molar-refractivity contribution in [2.45, 2.75) is 32.6 Å². The lowest BCUT2D eigenvalue weighted by molar-refractivity contribution is 0.481. The molecule has 0 aliphatic carbocycles. The first kappa shape index (κ1) is 9.48. The second-order valence-corrected chi connectivity index (χ2v) is 2.66. The van der Waals surface area contributed by atoms with Crippen molar-refractivity contribution in [2.75, 3.05) is 0 Å². The van der Waals surface area contributed by atoms with Gasteiger partial charge in [0.1, 0.15) is 0 Å². The summed E-state index contributed by atoms with van der Waals surface area (Å²) in [5.41, 5.74) is 0. The van der Waals surface area contributed by atoms with Crippen molar-refractivity contribution in [2.24, 2.45) is 5.92 Å². The van der Waals surface area contributed by atoms with Gasteiger partial charge in [0.15, 0.2) is 0 Å². The summed E-state index contributed by atoms with van der Waals surface area (Å²) in [7, 11) is 0. The summed E-state index contributed by atoms with van der Waals surface area (Å²) in [4.78, 5) is 0. The zero-order chi connectivity index (χ0) is 7.82. The maximum atomic E-state index is 3.73. The topological polar surface area (TPSA) is 0 Å². The van der Waals surface area contributed by atoms with E-state index in [4.69, 9.17) is 0 Å². The molecule has 0 radical (unpaired) electrons. The van der Waals surface area contributed by atoms with Crippen LogP contribution in [0.4, 0.5) is 0 Å². The van der Waals surface area contributed by atoms with Crippen LogP contribution >= 0.6 is 0 Å². The lowest BCUT2D eigenvalue weighted by Crippen LogP contribution is -1.95. The molecule has 0 aliphatic rings. The van der Waals surface area contributed by atoms with E-state index in [9.17, 15) is 0 Å². The second kappa shape index (κ2) is 6.60. The minimum absolute atomic E-state index is 0.829. The van der Waals surface area contributed by atoms with E-state index in [1.54, 1.807) is 0 Å². The predicted octanol–water partition coefficient (Wildman–Crippen LogP) is 3.55. The van der Waals surface area contributed by atoms with Gasteiger partial charge in [-0.05, 0) is 25.2 Å². The maximum Gasteiger partial charge on any atom is -0.0325 e. The van der Waals surface area contributed by atoms with Crippen molar-refractivity contribution in [3.8, 4) is 0 Å². The number of hydrogen-bond donors (Lipinski definition) is 0. The Balaban J connectivity index is 3.38. The maximum absolute atomic E-state index is 3.73. The molecule has 0 amide bonds. The molecule has 58 valence electrons. The van der Waals surface area contributed by atoms with Crippen LogP contribution in [-0.2, 0) is 0 Å². The molecule has 0 aromatic rings. The highest BCUT2D eigenvalue weighted by atomic mass is 14.1. The van der Waals surface area contributed by atoms with Gasteiger partial charge >= 0.3 is 0 Å². The molecule has 0 bridgehead atoms. The van der Waals surface area contributed by atoms with Crippen molar-refractivity contribution in [1.29, 1.82) is 0 Å². The van der Waals surface area contributed by atoms with Gasteiger partial charge in [-0.15, -0.1) is 13.2 Å². The van der Waals surface area contributed by atoms with E-state index in [0.29, 0.717) is 0 Å². The first-order valence-electron chi connectivity index (χ1n) is 4.06. The number of rotatable bonds is 6. The first-order valence-corrected chi connectivity index (χ1v) is 4.06. The molecule has 0 aromatic heterocycles. The largest absolute Gasteiger partial charge is 0.103 e. The Morgan fingerprint density at radius 1 is 1.30 bits per heavy atom. The Hall–Kier alpha value is -0.520. The molecule has 0 N–H and O–H groups in total. The summed E-state index contributed by atoms with van der Waals surface area (Å²) in [6.45, 7) is 9.67. The fourth-order valence-electron chi connectivity index (χ4n) is 1.08. The van der Waals surface area contributed by atoms with Crippen LogP contribution in [0.1, 0.15) is 32.6 Å². The first-order chi connectivity index (χ1) is 4.85. The second-order valence-electron chi connectivity index (χ2n) is 2.66. The van der Waals surface area contributed by atoms with E-state index in [0.717, 1.165) is 18.8 Å². The molecule has 0 heteroatoms. The number of hydrogen-bond acceptors (Lipinski definition) is 0. The molecule has 0 heterocycles. The molecule has 0 saturated heterocycles. The molecular weight excluding hydrogens is 120 g/mol. The van der Waals surface area contributed by atoms with E-state index < -0.39 is 0 Å². The summed E-state index contributed by atoms with van der Waals surface area (Å²) >= 11 is 0. The van der Waals surface area contributed by atoms with Gasteiger partial charge in [0.25, 0.3) is 0 Å². The van der Waals surface area contributed by atoms with Gasteiger partial charge in [0.05, 0.1) is 0 Å². The van der Waals surface area contributed by atoms with E-state index in [1.165, 1.54) is 12.8 Å². The Morgan fingerprint density at radius 2 is 2.00 bits per heavy atom. The summed E-state index contributed by atoms with van der Waals surface area (Å²) in [5.74, 6) is 0.829. The van der Waals surface area contributed by atoms with Crippen LogP contribution in [0.25, 0.3) is 0 Å². The average Bonchev–Trinajstić information content (AvgIpc) is 1.98. The van der Waals surface area contributed by atoms with Gasteiger partial charge in [0.2, 0.25) is 0 Å². The van der Waals surface area contributed by atoms with Crippen molar-refractivity contribution in [3.05, 3.63) is 25.3 Å². The van der Waals surface area contributed by atoms with Crippen molar-refractivity contribution < 1.29 is 0 Å². The molecule has 0 fully saturated rings. The molecule has 10 heavy (non-hydrogen) atoms. The fourth-order valence-corrected chi connectivity index (χ4v) is 1.08. The fraction of sp³-hybridized carbons (Fsp3) is 0.600. The monoisotopic (exact) mass is 138 g/mol. The average molecular weight is 138 g/mol. The zero-order valence-electron chi connectivity index (χ0n) is 6.97. The van der Waals surface area contributed by atoms with Gasteiger partial charge in [-0.25, -0.2) is 0 Å². The van der Waals surface area contributed by atoms with Crippen LogP contribution < -0.4 is 0 Å². The summed E-state index contributed by atoms with van der Waals surface area (Å²) < 4.78 is 0. The Bertz CT molecular complexity index is 92.2. The highest BCUT2D eigenvalue weighted by molar-refractivity contribution is 4.75. The SMILES string of the molecule is C=CCCC(CC)CC=C. The molecule has 0 aromatic carbocycles. The Kier molecular flexibility index (Phi) is 6.25. The van der Waals surface area contributed by atoms with Gasteiger partial charge in [-0.2, -0.15) is 0 Å².